The van der Waals surface area contributed by atoms with Crippen molar-refractivity contribution >= 4 is 23.4 Å². The van der Waals surface area contributed by atoms with Crippen LogP contribution in [-0.2, 0) is 4.79 Å². The lowest BCUT2D eigenvalue weighted by Crippen LogP contribution is -2.54. The standard InChI is InChI=1S/C19H27ClN2O2/c1-12(2)17(19(24)22-10-13(3)9-14(4)11-22)21-18(23)15-7-5-6-8-16(15)20/h5-8,12-14,17H,9-11H2,1-4H3,(H,21,23)/t13?,14?,17-/m0/s1. The average Bonchev–Trinajstić information content (AvgIpc) is 2.51. The summed E-state index contributed by atoms with van der Waals surface area (Å²) in [6.45, 7) is 9.76. The summed E-state index contributed by atoms with van der Waals surface area (Å²) in [6, 6.07) is 6.36. The maximum atomic E-state index is 13.0. The molecule has 2 amide bonds. The van der Waals surface area contributed by atoms with Crippen LogP contribution in [0.3, 0.4) is 0 Å². The first-order valence-electron chi connectivity index (χ1n) is 8.63. The van der Waals surface area contributed by atoms with Crippen molar-refractivity contribution in [2.24, 2.45) is 17.8 Å². The summed E-state index contributed by atoms with van der Waals surface area (Å²) in [5, 5.41) is 3.28. The number of hydrogen-bond acceptors (Lipinski definition) is 2. The van der Waals surface area contributed by atoms with Gasteiger partial charge in [-0.2, -0.15) is 0 Å². The molecule has 24 heavy (non-hydrogen) atoms. The van der Waals surface area contributed by atoms with Gasteiger partial charge >= 0.3 is 0 Å². The first kappa shape index (κ1) is 18.8. The maximum absolute atomic E-state index is 13.0. The molecule has 1 saturated heterocycles. The number of nitrogens with one attached hydrogen (secondary N) is 1. The molecule has 1 heterocycles. The van der Waals surface area contributed by atoms with E-state index in [2.05, 4.69) is 19.2 Å². The van der Waals surface area contributed by atoms with Gasteiger partial charge in [-0.3, -0.25) is 9.59 Å². The van der Waals surface area contributed by atoms with E-state index < -0.39 is 6.04 Å². The Balaban J connectivity index is 2.13. The van der Waals surface area contributed by atoms with Crippen molar-refractivity contribution < 1.29 is 9.59 Å². The highest BCUT2D eigenvalue weighted by atomic mass is 35.5. The van der Waals surface area contributed by atoms with E-state index in [1.165, 1.54) is 0 Å². The van der Waals surface area contributed by atoms with Crippen LogP contribution < -0.4 is 5.32 Å². The van der Waals surface area contributed by atoms with Crippen molar-refractivity contribution in [2.45, 2.75) is 40.2 Å². The fourth-order valence-electron chi connectivity index (χ4n) is 3.42. The number of rotatable bonds is 4. The van der Waals surface area contributed by atoms with Crippen molar-refractivity contribution in [3.63, 3.8) is 0 Å². The molecule has 1 fully saturated rings. The molecule has 1 aliphatic heterocycles. The molecule has 2 rings (SSSR count). The third-order valence-corrected chi connectivity index (χ3v) is 4.85. The van der Waals surface area contributed by atoms with Crippen LogP contribution in [0.2, 0.25) is 5.02 Å². The van der Waals surface area contributed by atoms with E-state index in [0.717, 1.165) is 19.5 Å². The highest BCUT2D eigenvalue weighted by Crippen LogP contribution is 2.23. The molecule has 0 bridgehead atoms. The molecule has 0 radical (unpaired) electrons. The summed E-state index contributed by atoms with van der Waals surface area (Å²) in [6.07, 6.45) is 1.14. The molecule has 1 aromatic rings. The smallest absolute Gasteiger partial charge is 0.253 e. The molecule has 2 unspecified atom stereocenters. The third-order valence-electron chi connectivity index (χ3n) is 4.52. The summed E-state index contributed by atoms with van der Waals surface area (Å²) >= 11 is 6.09. The molecular formula is C19H27ClN2O2. The van der Waals surface area contributed by atoms with E-state index in [4.69, 9.17) is 11.6 Å². The van der Waals surface area contributed by atoms with Gasteiger partial charge < -0.3 is 10.2 Å². The molecule has 1 aromatic carbocycles. The second kappa shape index (κ2) is 8.02. The van der Waals surface area contributed by atoms with Crippen molar-refractivity contribution in [1.29, 1.82) is 0 Å². The molecule has 1 N–H and O–H groups in total. The average molecular weight is 351 g/mol. The predicted octanol–water partition coefficient (Wildman–Crippen LogP) is 3.60. The number of carbonyl (C=O) groups is 2. The molecule has 1 aliphatic rings. The Morgan fingerprint density at radius 1 is 1.17 bits per heavy atom. The molecule has 0 aliphatic carbocycles. The zero-order chi connectivity index (χ0) is 17.9. The number of hydrogen-bond donors (Lipinski definition) is 1. The minimum Gasteiger partial charge on any atom is -0.340 e. The summed E-state index contributed by atoms with van der Waals surface area (Å²) < 4.78 is 0. The van der Waals surface area contributed by atoms with Gasteiger partial charge in [0.2, 0.25) is 5.91 Å². The van der Waals surface area contributed by atoms with Gasteiger partial charge in [-0.1, -0.05) is 51.4 Å². The molecular weight excluding hydrogens is 324 g/mol. The monoisotopic (exact) mass is 350 g/mol. The zero-order valence-electron chi connectivity index (χ0n) is 14.9. The number of likely N-dealkylation sites (tertiary alicyclic amines) is 1. The molecule has 4 nitrogen and oxygen atoms in total. The fourth-order valence-corrected chi connectivity index (χ4v) is 3.64. The minimum absolute atomic E-state index is 0.00352. The van der Waals surface area contributed by atoms with E-state index in [1.807, 2.05) is 18.7 Å². The Morgan fingerprint density at radius 3 is 2.29 bits per heavy atom. The van der Waals surface area contributed by atoms with Crippen LogP contribution in [0, 0.1) is 17.8 Å². The van der Waals surface area contributed by atoms with Gasteiger partial charge in [0.05, 0.1) is 10.6 Å². The van der Waals surface area contributed by atoms with Crippen molar-refractivity contribution in [3.05, 3.63) is 34.9 Å². The number of piperidine rings is 1. The fraction of sp³-hybridized carbons (Fsp3) is 0.579. The van der Waals surface area contributed by atoms with Gasteiger partial charge in [0.25, 0.3) is 5.91 Å². The number of nitrogens with zero attached hydrogens (tertiary/aromatic N) is 1. The largest absolute Gasteiger partial charge is 0.340 e. The molecule has 0 saturated carbocycles. The van der Waals surface area contributed by atoms with Gasteiger partial charge in [0, 0.05) is 13.1 Å². The van der Waals surface area contributed by atoms with Crippen LogP contribution in [0.15, 0.2) is 24.3 Å². The molecule has 5 heteroatoms. The Morgan fingerprint density at radius 2 is 1.75 bits per heavy atom. The third kappa shape index (κ3) is 4.50. The normalized spacial score (nSPS) is 22.3. The Labute approximate surface area is 149 Å². The van der Waals surface area contributed by atoms with Gasteiger partial charge in [-0.05, 0) is 36.3 Å². The van der Waals surface area contributed by atoms with Crippen molar-refractivity contribution in [1.82, 2.24) is 10.2 Å². The van der Waals surface area contributed by atoms with E-state index >= 15 is 0 Å². The number of carbonyl (C=O) groups excluding carboxylic acids is 2. The first-order valence-corrected chi connectivity index (χ1v) is 9.01. The van der Waals surface area contributed by atoms with Crippen LogP contribution in [0.5, 0.6) is 0 Å². The topological polar surface area (TPSA) is 49.4 Å². The lowest BCUT2D eigenvalue weighted by Gasteiger charge is -2.38. The molecule has 132 valence electrons. The van der Waals surface area contributed by atoms with Gasteiger partial charge in [0.15, 0.2) is 0 Å². The van der Waals surface area contributed by atoms with E-state index in [-0.39, 0.29) is 17.7 Å². The van der Waals surface area contributed by atoms with E-state index in [9.17, 15) is 9.59 Å². The van der Waals surface area contributed by atoms with Crippen LogP contribution in [-0.4, -0.2) is 35.8 Å². The Bertz CT molecular complexity index is 593. The van der Waals surface area contributed by atoms with E-state index in [0.29, 0.717) is 22.4 Å². The van der Waals surface area contributed by atoms with Crippen LogP contribution in [0.4, 0.5) is 0 Å². The first-order chi connectivity index (χ1) is 11.3. The van der Waals surface area contributed by atoms with Crippen LogP contribution in [0.1, 0.15) is 44.5 Å². The molecule has 3 atom stereocenters. The highest BCUT2D eigenvalue weighted by Gasteiger charge is 2.33. The highest BCUT2D eigenvalue weighted by molar-refractivity contribution is 6.33. The summed E-state index contributed by atoms with van der Waals surface area (Å²) in [5.74, 6) is 0.695. The van der Waals surface area contributed by atoms with Crippen LogP contribution >= 0.6 is 11.6 Å². The number of amides is 2. The van der Waals surface area contributed by atoms with Gasteiger partial charge in [-0.15, -0.1) is 0 Å². The predicted molar refractivity (Wildman–Crippen MR) is 97.1 cm³/mol. The van der Waals surface area contributed by atoms with Crippen molar-refractivity contribution in [2.75, 3.05) is 13.1 Å². The van der Waals surface area contributed by atoms with Crippen LogP contribution in [0.25, 0.3) is 0 Å². The van der Waals surface area contributed by atoms with Crippen molar-refractivity contribution in [3.8, 4) is 0 Å². The quantitative estimate of drug-likeness (QED) is 0.902. The second-order valence-corrected chi connectivity index (χ2v) is 7.77. The van der Waals surface area contributed by atoms with Gasteiger partial charge in [-0.25, -0.2) is 0 Å². The number of halogens is 1. The summed E-state index contributed by atoms with van der Waals surface area (Å²) in [5.41, 5.74) is 0.401. The Hall–Kier alpha value is -1.55. The summed E-state index contributed by atoms with van der Waals surface area (Å²) in [4.78, 5) is 27.4. The lowest BCUT2D eigenvalue weighted by molar-refractivity contribution is -0.137. The number of benzene rings is 1. The SMILES string of the molecule is CC1CC(C)CN(C(=O)[C@@H](NC(=O)c2ccccc2Cl)C(C)C)C1. The summed E-state index contributed by atoms with van der Waals surface area (Å²) in [7, 11) is 0. The minimum atomic E-state index is -0.536. The van der Waals surface area contributed by atoms with E-state index in [1.54, 1.807) is 24.3 Å². The maximum Gasteiger partial charge on any atom is 0.253 e. The Kier molecular flexibility index (Phi) is 6.27. The zero-order valence-corrected chi connectivity index (χ0v) is 15.6. The molecule has 0 aromatic heterocycles. The second-order valence-electron chi connectivity index (χ2n) is 7.36. The van der Waals surface area contributed by atoms with Gasteiger partial charge in [0.1, 0.15) is 6.04 Å². The lowest BCUT2D eigenvalue weighted by atomic mass is 9.90. The molecule has 0 spiro atoms.